The molecule has 0 saturated carbocycles. The maximum absolute atomic E-state index is 12.6. The highest BCUT2D eigenvalue weighted by atomic mass is 32.2. The van der Waals surface area contributed by atoms with Gasteiger partial charge in [-0.25, -0.2) is 13.4 Å². The first-order chi connectivity index (χ1) is 13.0. The third-order valence-electron chi connectivity index (χ3n) is 3.97. The fraction of sp³-hybridized carbons (Fsp3) is 0.158. The maximum Gasteiger partial charge on any atom is 0.258 e. The minimum atomic E-state index is -3.78. The van der Waals surface area contributed by atoms with E-state index in [0.717, 1.165) is 11.0 Å². The van der Waals surface area contributed by atoms with Crippen LogP contribution in [0.5, 0.6) is 0 Å². The molecule has 0 aliphatic carbocycles. The second-order valence-corrected chi connectivity index (χ2v) is 7.45. The van der Waals surface area contributed by atoms with E-state index in [2.05, 4.69) is 20.9 Å². The number of nitrogens with zero attached hydrogens (tertiary/aromatic N) is 2. The van der Waals surface area contributed by atoms with E-state index in [-0.39, 0.29) is 17.0 Å². The van der Waals surface area contributed by atoms with Crippen LogP contribution in [0.1, 0.15) is 17.3 Å². The van der Waals surface area contributed by atoms with Crippen LogP contribution in [0.3, 0.4) is 0 Å². The van der Waals surface area contributed by atoms with Gasteiger partial charge in [0.25, 0.3) is 5.91 Å². The Morgan fingerprint density at radius 1 is 1.22 bits per heavy atom. The van der Waals surface area contributed by atoms with Crippen LogP contribution in [0.4, 0.5) is 5.95 Å². The Hall–Kier alpha value is -3.15. The molecule has 0 unspecified atom stereocenters. The Labute approximate surface area is 157 Å². The van der Waals surface area contributed by atoms with Gasteiger partial charge in [-0.05, 0) is 37.3 Å². The first-order valence-corrected chi connectivity index (χ1v) is 9.74. The van der Waals surface area contributed by atoms with Gasteiger partial charge in [0.1, 0.15) is 0 Å². The van der Waals surface area contributed by atoms with Crippen LogP contribution in [-0.4, -0.2) is 30.4 Å². The number of sulfonamides is 1. The van der Waals surface area contributed by atoms with E-state index in [0.29, 0.717) is 12.5 Å². The van der Waals surface area contributed by atoms with E-state index in [1.54, 1.807) is 0 Å². The molecule has 0 aliphatic heterocycles. The number of hydrogen-bond acceptors (Lipinski definition) is 4. The number of rotatable bonds is 6. The van der Waals surface area contributed by atoms with Crippen molar-refractivity contribution >= 4 is 32.9 Å². The summed E-state index contributed by atoms with van der Waals surface area (Å²) in [5, 5.41) is 2.75. The van der Waals surface area contributed by atoms with Gasteiger partial charge in [-0.3, -0.25) is 10.1 Å². The average Bonchev–Trinajstić information content (AvgIpc) is 3.03. The third-order valence-corrected chi connectivity index (χ3v) is 5.37. The van der Waals surface area contributed by atoms with Gasteiger partial charge in [-0.15, -0.1) is 6.42 Å². The second kappa shape index (κ2) is 7.61. The molecule has 7 nitrogen and oxygen atoms in total. The molecule has 0 bridgehead atoms. The number of imidazole rings is 1. The number of amides is 1. The molecule has 1 amide bonds. The monoisotopic (exact) mass is 382 g/mol. The number of benzene rings is 2. The van der Waals surface area contributed by atoms with Gasteiger partial charge in [-0.1, -0.05) is 24.1 Å². The minimum Gasteiger partial charge on any atom is -0.310 e. The number of fused-ring (bicyclic) bond motifs is 1. The summed E-state index contributed by atoms with van der Waals surface area (Å²) in [6.07, 6.45) is 5.09. The van der Waals surface area contributed by atoms with Crippen molar-refractivity contribution in [3.05, 3.63) is 54.1 Å². The van der Waals surface area contributed by atoms with Crippen molar-refractivity contribution in [1.29, 1.82) is 0 Å². The number of anilines is 1. The zero-order valence-corrected chi connectivity index (χ0v) is 15.5. The normalized spacial score (nSPS) is 11.3. The van der Waals surface area contributed by atoms with Crippen LogP contribution in [0.2, 0.25) is 0 Å². The Balaban J connectivity index is 1.90. The SMILES string of the molecule is C#CCNS(=O)(=O)c1cccc(C(=O)Nc2nc3ccccc3n2CC)c1. The number of nitrogens with one attached hydrogen (secondary N) is 2. The van der Waals surface area contributed by atoms with Crippen molar-refractivity contribution in [2.45, 2.75) is 18.4 Å². The molecule has 1 heterocycles. The predicted molar refractivity (Wildman–Crippen MR) is 104 cm³/mol. The Kier molecular flexibility index (Phi) is 5.26. The number of hydrogen-bond donors (Lipinski definition) is 2. The predicted octanol–water partition coefficient (Wildman–Crippen LogP) is 2.22. The van der Waals surface area contributed by atoms with Crippen LogP contribution in [0, 0.1) is 12.3 Å². The molecule has 2 N–H and O–H groups in total. The molecular formula is C19H18N4O3S. The quantitative estimate of drug-likeness (QED) is 0.640. The standard InChI is InChI=1S/C19H18N4O3S/c1-3-12-20-27(25,26)15-9-7-8-14(13-15)18(24)22-19-21-16-10-5-6-11-17(16)23(19)4-2/h1,5-11,13,20H,4,12H2,2H3,(H,21,22,24). The van der Waals surface area contributed by atoms with Crippen LogP contribution in [-0.2, 0) is 16.6 Å². The first kappa shape index (κ1) is 18.6. The highest BCUT2D eigenvalue weighted by Gasteiger charge is 2.17. The maximum atomic E-state index is 12.6. The Bertz CT molecular complexity index is 1140. The molecule has 138 valence electrons. The van der Waals surface area contributed by atoms with Crippen molar-refractivity contribution in [2.75, 3.05) is 11.9 Å². The van der Waals surface area contributed by atoms with Crippen LogP contribution in [0.15, 0.2) is 53.4 Å². The molecular weight excluding hydrogens is 364 g/mol. The van der Waals surface area contributed by atoms with E-state index < -0.39 is 15.9 Å². The van der Waals surface area contributed by atoms with Gasteiger partial charge in [0, 0.05) is 12.1 Å². The molecule has 0 aliphatic rings. The summed E-state index contributed by atoms with van der Waals surface area (Å²) in [6, 6.07) is 13.3. The summed E-state index contributed by atoms with van der Waals surface area (Å²) in [6.45, 7) is 2.45. The number of para-hydroxylation sites is 2. The lowest BCUT2D eigenvalue weighted by molar-refractivity contribution is 0.102. The molecule has 3 rings (SSSR count). The summed E-state index contributed by atoms with van der Waals surface area (Å²) in [7, 11) is -3.78. The summed E-state index contributed by atoms with van der Waals surface area (Å²) in [5.41, 5.74) is 1.88. The molecule has 3 aromatic rings. The van der Waals surface area contributed by atoms with Crippen LogP contribution >= 0.6 is 0 Å². The van der Waals surface area contributed by atoms with Crippen LogP contribution < -0.4 is 10.0 Å². The largest absolute Gasteiger partial charge is 0.310 e. The number of carbonyl (C=O) groups is 1. The van der Waals surface area contributed by atoms with Gasteiger partial charge in [-0.2, -0.15) is 4.72 Å². The third kappa shape index (κ3) is 3.84. The molecule has 0 fully saturated rings. The topological polar surface area (TPSA) is 93.1 Å². The van der Waals surface area contributed by atoms with E-state index in [1.807, 2.05) is 35.8 Å². The summed E-state index contributed by atoms with van der Waals surface area (Å²) >= 11 is 0. The van der Waals surface area contributed by atoms with Gasteiger partial charge in [0.05, 0.1) is 22.5 Å². The molecule has 0 spiro atoms. The van der Waals surface area contributed by atoms with Crippen molar-refractivity contribution in [3.63, 3.8) is 0 Å². The van der Waals surface area contributed by atoms with Crippen molar-refractivity contribution in [1.82, 2.24) is 14.3 Å². The fourth-order valence-corrected chi connectivity index (χ4v) is 3.67. The van der Waals surface area contributed by atoms with Crippen molar-refractivity contribution < 1.29 is 13.2 Å². The van der Waals surface area contributed by atoms with Gasteiger partial charge in [0.2, 0.25) is 16.0 Å². The number of aromatic nitrogens is 2. The lowest BCUT2D eigenvalue weighted by Gasteiger charge is -2.09. The number of carbonyl (C=O) groups excluding carboxylic acids is 1. The molecule has 1 aromatic heterocycles. The van der Waals surface area contributed by atoms with Gasteiger partial charge >= 0.3 is 0 Å². The fourth-order valence-electron chi connectivity index (χ4n) is 2.69. The van der Waals surface area contributed by atoms with E-state index in [9.17, 15) is 13.2 Å². The van der Waals surface area contributed by atoms with Crippen LogP contribution in [0.25, 0.3) is 11.0 Å². The smallest absolute Gasteiger partial charge is 0.258 e. The van der Waals surface area contributed by atoms with Gasteiger partial charge in [0.15, 0.2) is 0 Å². The molecule has 0 atom stereocenters. The Morgan fingerprint density at radius 3 is 2.74 bits per heavy atom. The average molecular weight is 382 g/mol. The molecule has 8 heteroatoms. The second-order valence-electron chi connectivity index (χ2n) is 5.68. The van der Waals surface area contributed by atoms with E-state index >= 15 is 0 Å². The summed E-state index contributed by atoms with van der Waals surface area (Å²) in [5.74, 6) is 2.16. The van der Waals surface area contributed by atoms with Gasteiger partial charge < -0.3 is 4.57 Å². The molecule has 2 aromatic carbocycles. The van der Waals surface area contributed by atoms with E-state index in [4.69, 9.17) is 6.42 Å². The number of aryl methyl sites for hydroxylation is 1. The van der Waals surface area contributed by atoms with E-state index in [1.165, 1.54) is 24.3 Å². The lowest BCUT2D eigenvalue weighted by atomic mass is 10.2. The molecule has 0 radical (unpaired) electrons. The first-order valence-electron chi connectivity index (χ1n) is 8.26. The Morgan fingerprint density at radius 2 is 2.00 bits per heavy atom. The summed E-state index contributed by atoms with van der Waals surface area (Å²) in [4.78, 5) is 17.0. The number of terminal acetylenes is 1. The highest BCUT2D eigenvalue weighted by molar-refractivity contribution is 7.89. The molecule has 27 heavy (non-hydrogen) atoms. The minimum absolute atomic E-state index is 0.0330. The highest BCUT2D eigenvalue weighted by Crippen LogP contribution is 2.20. The van der Waals surface area contributed by atoms with Crippen molar-refractivity contribution in [3.8, 4) is 12.3 Å². The summed E-state index contributed by atoms with van der Waals surface area (Å²) < 4.78 is 28.5. The zero-order valence-electron chi connectivity index (χ0n) is 14.6. The lowest BCUT2D eigenvalue weighted by Crippen LogP contribution is -2.24. The van der Waals surface area contributed by atoms with Crippen molar-refractivity contribution in [2.24, 2.45) is 0 Å². The zero-order chi connectivity index (χ0) is 19.4. The molecule has 0 saturated heterocycles.